The number of nitrogens with one attached hydrogen (secondary N) is 1. The molecular formula is C16H25BrN2O2. The van der Waals surface area contributed by atoms with E-state index in [9.17, 15) is 0 Å². The summed E-state index contributed by atoms with van der Waals surface area (Å²) in [5, 5.41) is 3.44. The highest BCUT2D eigenvalue weighted by Gasteiger charge is 2.11. The second-order valence-electron chi connectivity index (χ2n) is 5.04. The van der Waals surface area contributed by atoms with Crippen molar-refractivity contribution in [1.82, 2.24) is 10.2 Å². The maximum absolute atomic E-state index is 5.62. The van der Waals surface area contributed by atoms with Crippen LogP contribution in [0.1, 0.15) is 12.0 Å². The highest BCUT2D eigenvalue weighted by molar-refractivity contribution is 9.10. The minimum absolute atomic E-state index is 0.455. The van der Waals surface area contributed by atoms with E-state index < -0.39 is 0 Å². The first-order valence-corrected chi connectivity index (χ1v) is 7.83. The zero-order chi connectivity index (χ0) is 15.7. The molecule has 0 saturated carbocycles. The molecule has 5 heteroatoms. The van der Waals surface area contributed by atoms with Gasteiger partial charge in [-0.1, -0.05) is 12.7 Å². The predicted octanol–water partition coefficient (Wildman–Crippen LogP) is 3.06. The van der Waals surface area contributed by atoms with E-state index in [2.05, 4.69) is 52.9 Å². The monoisotopic (exact) mass is 356 g/mol. The minimum atomic E-state index is 0.455. The zero-order valence-electron chi connectivity index (χ0n) is 13.1. The molecule has 118 valence electrons. The summed E-state index contributed by atoms with van der Waals surface area (Å²) >= 11 is 3.54. The van der Waals surface area contributed by atoms with E-state index in [1.54, 1.807) is 13.2 Å². The molecule has 0 unspecified atom stereocenters. The summed E-state index contributed by atoms with van der Waals surface area (Å²) in [7, 11) is 5.82. The van der Waals surface area contributed by atoms with Crippen LogP contribution in [0.5, 0.6) is 11.5 Å². The van der Waals surface area contributed by atoms with Gasteiger partial charge in [-0.2, -0.15) is 0 Å². The predicted molar refractivity (Wildman–Crippen MR) is 91.3 cm³/mol. The fraction of sp³-hybridized carbons (Fsp3) is 0.500. The summed E-state index contributed by atoms with van der Waals surface area (Å²) < 4.78 is 11.9. The van der Waals surface area contributed by atoms with E-state index in [0.29, 0.717) is 12.4 Å². The van der Waals surface area contributed by atoms with Gasteiger partial charge < -0.3 is 19.7 Å². The normalized spacial score (nSPS) is 10.7. The van der Waals surface area contributed by atoms with Crippen molar-refractivity contribution in [3.8, 4) is 11.5 Å². The van der Waals surface area contributed by atoms with Crippen LogP contribution in [0.2, 0.25) is 0 Å². The summed E-state index contributed by atoms with van der Waals surface area (Å²) in [6.45, 7) is 7.00. The van der Waals surface area contributed by atoms with Gasteiger partial charge in [0, 0.05) is 6.54 Å². The van der Waals surface area contributed by atoms with Crippen molar-refractivity contribution in [3.05, 3.63) is 34.8 Å². The number of rotatable bonds is 10. The van der Waals surface area contributed by atoms with Crippen molar-refractivity contribution < 1.29 is 9.47 Å². The quantitative estimate of drug-likeness (QED) is 0.516. The third-order valence-corrected chi connectivity index (χ3v) is 3.51. The Bertz CT molecular complexity index is 450. The average molecular weight is 357 g/mol. The van der Waals surface area contributed by atoms with Crippen LogP contribution in [0.25, 0.3) is 0 Å². The van der Waals surface area contributed by atoms with Crippen molar-refractivity contribution in [2.24, 2.45) is 0 Å². The van der Waals surface area contributed by atoms with Gasteiger partial charge in [-0.15, -0.1) is 0 Å². The molecule has 0 aliphatic heterocycles. The van der Waals surface area contributed by atoms with Crippen molar-refractivity contribution in [3.63, 3.8) is 0 Å². The van der Waals surface area contributed by atoms with Gasteiger partial charge >= 0.3 is 0 Å². The van der Waals surface area contributed by atoms with Crippen LogP contribution >= 0.6 is 15.9 Å². The molecule has 1 N–H and O–H groups in total. The molecule has 0 aliphatic rings. The molecule has 4 nitrogen and oxygen atoms in total. The van der Waals surface area contributed by atoms with Crippen LogP contribution < -0.4 is 14.8 Å². The Morgan fingerprint density at radius 3 is 2.76 bits per heavy atom. The zero-order valence-corrected chi connectivity index (χ0v) is 14.7. The molecule has 0 heterocycles. The number of nitrogens with zero attached hydrogens (tertiary/aromatic N) is 1. The lowest BCUT2D eigenvalue weighted by molar-refractivity contribution is 0.324. The van der Waals surface area contributed by atoms with Crippen LogP contribution in [0.4, 0.5) is 0 Å². The fourth-order valence-corrected chi connectivity index (χ4v) is 2.51. The van der Waals surface area contributed by atoms with Gasteiger partial charge in [-0.25, -0.2) is 0 Å². The molecule has 0 fully saturated rings. The summed E-state index contributed by atoms with van der Waals surface area (Å²) in [5.74, 6) is 1.45. The molecule has 0 saturated heterocycles. The number of hydrogen-bond acceptors (Lipinski definition) is 4. The molecule has 1 rings (SSSR count). The van der Waals surface area contributed by atoms with E-state index in [1.165, 1.54) is 0 Å². The Balaban J connectivity index is 2.59. The van der Waals surface area contributed by atoms with E-state index in [4.69, 9.17) is 9.47 Å². The van der Waals surface area contributed by atoms with Crippen LogP contribution in [-0.2, 0) is 6.54 Å². The lowest BCUT2D eigenvalue weighted by atomic mass is 10.2. The van der Waals surface area contributed by atoms with Gasteiger partial charge in [-0.3, -0.25) is 0 Å². The highest BCUT2D eigenvalue weighted by Crippen LogP contribution is 2.36. The molecule has 0 aliphatic carbocycles. The number of benzene rings is 1. The van der Waals surface area contributed by atoms with Crippen LogP contribution in [0.3, 0.4) is 0 Å². The maximum Gasteiger partial charge on any atom is 0.175 e. The molecule has 0 amide bonds. The number of hydrogen-bond donors (Lipinski definition) is 1. The molecule has 0 radical (unpaired) electrons. The topological polar surface area (TPSA) is 33.7 Å². The SMILES string of the molecule is C=CCOc1c(Br)cc(CNCCCN(C)C)cc1OC. The Morgan fingerprint density at radius 1 is 1.38 bits per heavy atom. The van der Waals surface area contributed by atoms with Crippen molar-refractivity contribution >= 4 is 15.9 Å². The third-order valence-electron chi connectivity index (χ3n) is 2.92. The summed E-state index contributed by atoms with van der Waals surface area (Å²) in [6, 6.07) is 4.06. The summed E-state index contributed by atoms with van der Waals surface area (Å²) in [6.07, 6.45) is 2.85. The van der Waals surface area contributed by atoms with Gasteiger partial charge in [-0.05, 0) is 67.2 Å². The fourth-order valence-electron chi connectivity index (χ4n) is 1.91. The minimum Gasteiger partial charge on any atom is -0.493 e. The van der Waals surface area contributed by atoms with Crippen molar-refractivity contribution in [2.45, 2.75) is 13.0 Å². The Kier molecular flexibility index (Phi) is 8.42. The Morgan fingerprint density at radius 2 is 2.14 bits per heavy atom. The molecule has 0 aromatic heterocycles. The van der Waals surface area contributed by atoms with Crippen molar-refractivity contribution in [2.75, 3.05) is 40.9 Å². The molecule has 0 spiro atoms. The number of halogens is 1. The molecule has 1 aromatic carbocycles. The summed E-state index contributed by atoms with van der Waals surface area (Å²) in [4.78, 5) is 2.19. The van der Waals surface area contributed by atoms with Gasteiger partial charge in [0.05, 0.1) is 11.6 Å². The standard InChI is InChI=1S/C16H25BrN2O2/c1-5-9-21-16-14(17)10-13(11-15(16)20-4)12-18-7-6-8-19(2)3/h5,10-11,18H,1,6-9,12H2,2-4H3. The van der Waals surface area contributed by atoms with Crippen molar-refractivity contribution in [1.29, 1.82) is 0 Å². The molecule has 21 heavy (non-hydrogen) atoms. The first-order valence-electron chi connectivity index (χ1n) is 7.04. The second kappa shape index (κ2) is 9.82. The van der Waals surface area contributed by atoms with E-state index in [0.717, 1.165) is 41.8 Å². The lowest BCUT2D eigenvalue weighted by Gasteiger charge is -2.14. The van der Waals surface area contributed by atoms with Gasteiger partial charge in [0.2, 0.25) is 0 Å². The molecule has 0 bridgehead atoms. The maximum atomic E-state index is 5.62. The molecular weight excluding hydrogens is 332 g/mol. The average Bonchev–Trinajstić information content (AvgIpc) is 2.45. The smallest absolute Gasteiger partial charge is 0.175 e. The molecule has 0 atom stereocenters. The second-order valence-corrected chi connectivity index (χ2v) is 5.90. The lowest BCUT2D eigenvalue weighted by Crippen LogP contribution is -2.21. The first-order chi connectivity index (χ1) is 10.1. The van der Waals surface area contributed by atoms with Crippen LogP contribution in [0.15, 0.2) is 29.3 Å². The Labute approximate surface area is 136 Å². The highest BCUT2D eigenvalue weighted by atomic mass is 79.9. The van der Waals surface area contributed by atoms with Gasteiger partial charge in [0.25, 0.3) is 0 Å². The van der Waals surface area contributed by atoms with E-state index >= 15 is 0 Å². The van der Waals surface area contributed by atoms with Gasteiger partial charge in [0.1, 0.15) is 6.61 Å². The van der Waals surface area contributed by atoms with Crippen LogP contribution in [0, 0.1) is 0 Å². The van der Waals surface area contributed by atoms with Gasteiger partial charge in [0.15, 0.2) is 11.5 Å². The Hall–Kier alpha value is -1.04. The van der Waals surface area contributed by atoms with E-state index in [1.807, 2.05) is 6.07 Å². The summed E-state index contributed by atoms with van der Waals surface area (Å²) in [5.41, 5.74) is 1.16. The first kappa shape index (κ1) is 18.0. The number of methoxy groups -OCH3 is 1. The third kappa shape index (κ3) is 6.50. The molecule has 1 aromatic rings. The van der Waals surface area contributed by atoms with E-state index in [-0.39, 0.29) is 0 Å². The number of ether oxygens (including phenoxy) is 2. The van der Waals surface area contributed by atoms with Crippen LogP contribution in [-0.4, -0.2) is 45.8 Å². The largest absolute Gasteiger partial charge is 0.493 e.